The van der Waals surface area contributed by atoms with Crippen LogP contribution in [0.3, 0.4) is 0 Å². The van der Waals surface area contributed by atoms with Crippen molar-refractivity contribution in [2.75, 3.05) is 0 Å². The van der Waals surface area contributed by atoms with E-state index in [0.717, 1.165) is 42.7 Å². The summed E-state index contributed by atoms with van der Waals surface area (Å²) in [4.78, 5) is 19.4. The van der Waals surface area contributed by atoms with Crippen molar-refractivity contribution >= 4 is 52.9 Å². The van der Waals surface area contributed by atoms with Gasteiger partial charge in [0.15, 0.2) is 0 Å². The number of rotatable bonds is 8. The monoisotopic (exact) mass is 670 g/mol. The van der Waals surface area contributed by atoms with Gasteiger partial charge in [-0.05, 0) is 59.7 Å². The minimum Gasteiger partial charge on any atom is -0.438 e. The molecule has 228 valence electrons. The van der Waals surface area contributed by atoms with Crippen molar-refractivity contribution in [2.24, 2.45) is 0 Å². The van der Waals surface area contributed by atoms with Crippen molar-refractivity contribution in [1.29, 1.82) is 0 Å². The highest BCUT2D eigenvalue weighted by atomic mass is 32.2. The Morgan fingerprint density at radius 2 is 0.894 bits per heavy atom. The maximum Gasteiger partial charge on any atom is 0.231 e. The average molecular weight is 671 g/mol. The summed E-state index contributed by atoms with van der Waals surface area (Å²) >= 11 is 3.03. The number of benzene rings is 4. The molecule has 0 aliphatic carbocycles. The SMILES string of the molecule is O=S(=O)(c1ccc(Oc2ncnc3scc(-c4ccccc4)c23)cc1)c1ccc(Oc2ncnc3scc(-c4ccccc4)c23)cc1. The van der Waals surface area contributed by atoms with Crippen LogP contribution in [0.2, 0.25) is 0 Å². The van der Waals surface area contributed by atoms with Crippen LogP contribution in [0.5, 0.6) is 23.3 Å². The average Bonchev–Trinajstić information content (AvgIpc) is 3.76. The molecule has 0 bridgehead atoms. The van der Waals surface area contributed by atoms with E-state index in [1.807, 2.05) is 71.4 Å². The van der Waals surface area contributed by atoms with Crippen molar-refractivity contribution in [3.05, 3.63) is 133 Å². The van der Waals surface area contributed by atoms with Gasteiger partial charge in [0.1, 0.15) is 33.8 Å². The first-order chi connectivity index (χ1) is 23.0. The lowest BCUT2D eigenvalue weighted by molar-refractivity contribution is 0.468. The van der Waals surface area contributed by atoms with E-state index in [1.165, 1.54) is 59.6 Å². The van der Waals surface area contributed by atoms with Crippen LogP contribution >= 0.6 is 22.7 Å². The molecule has 0 N–H and O–H groups in total. The van der Waals surface area contributed by atoms with Crippen LogP contribution in [0.25, 0.3) is 42.7 Å². The van der Waals surface area contributed by atoms with Crippen LogP contribution in [-0.4, -0.2) is 28.4 Å². The molecule has 0 atom stereocenters. The molecule has 0 aliphatic rings. The second kappa shape index (κ2) is 12.0. The van der Waals surface area contributed by atoms with E-state index in [4.69, 9.17) is 9.47 Å². The van der Waals surface area contributed by atoms with Crippen LogP contribution in [-0.2, 0) is 9.84 Å². The highest BCUT2D eigenvalue weighted by molar-refractivity contribution is 7.91. The molecule has 8 aromatic rings. The van der Waals surface area contributed by atoms with Crippen molar-refractivity contribution in [2.45, 2.75) is 9.79 Å². The van der Waals surface area contributed by atoms with Gasteiger partial charge in [-0.25, -0.2) is 28.4 Å². The van der Waals surface area contributed by atoms with E-state index in [9.17, 15) is 8.42 Å². The molecule has 0 unspecified atom stereocenters. The third-order valence-electron chi connectivity index (χ3n) is 7.54. The van der Waals surface area contributed by atoms with Gasteiger partial charge in [0.05, 0.1) is 20.6 Å². The lowest BCUT2D eigenvalue weighted by atomic mass is 10.1. The third-order valence-corrected chi connectivity index (χ3v) is 11.1. The molecule has 0 spiro atoms. The lowest BCUT2D eigenvalue weighted by Crippen LogP contribution is -2.02. The highest BCUT2D eigenvalue weighted by Crippen LogP contribution is 2.40. The Labute approximate surface area is 277 Å². The second-order valence-electron chi connectivity index (χ2n) is 10.4. The molecule has 0 saturated heterocycles. The molecular formula is C36H22N4O4S3. The van der Waals surface area contributed by atoms with Crippen LogP contribution in [0, 0.1) is 0 Å². The Morgan fingerprint density at radius 3 is 1.30 bits per heavy atom. The molecule has 47 heavy (non-hydrogen) atoms. The third kappa shape index (κ3) is 5.50. The summed E-state index contributed by atoms with van der Waals surface area (Å²) in [6, 6.07) is 32.5. The van der Waals surface area contributed by atoms with Gasteiger partial charge in [0, 0.05) is 21.9 Å². The van der Waals surface area contributed by atoms with Gasteiger partial charge < -0.3 is 9.47 Å². The summed E-state index contributed by atoms with van der Waals surface area (Å²) in [5.74, 6) is 1.72. The van der Waals surface area contributed by atoms with Gasteiger partial charge in [-0.3, -0.25) is 0 Å². The molecule has 0 aliphatic heterocycles. The Hall–Kier alpha value is -5.49. The van der Waals surface area contributed by atoms with Crippen molar-refractivity contribution in [3.8, 4) is 45.5 Å². The fourth-order valence-corrected chi connectivity index (χ4v) is 8.32. The Balaban J connectivity index is 1.03. The van der Waals surface area contributed by atoms with E-state index in [0.29, 0.717) is 23.3 Å². The summed E-state index contributed by atoms with van der Waals surface area (Å²) in [6.45, 7) is 0. The zero-order valence-corrected chi connectivity index (χ0v) is 26.8. The van der Waals surface area contributed by atoms with Crippen LogP contribution in [0.15, 0.2) is 142 Å². The number of fused-ring (bicyclic) bond motifs is 2. The van der Waals surface area contributed by atoms with Gasteiger partial charge >= 0.3 is 0 Å². The predicted molar refractivity (Wildman–Crippen MR) is 184 cm³/mol. The fourth-order valence-electron chi connectivity index (χ4n) is 5.24. The van der Waals surface area contributed by atoms with E-state index >= 15 is 0 Å². The zero-order chi connectivity index (χ0) is 31.8. The fraction of sp³-hybridized carbons (Fsp3) is 0. The summed E-state index contributed by atoms with van der Waals surface area (Å²) in [5.41, 5.74) is 4.02. The maximum absolute atomic E-state index is 13.5. The molecular weight excluding hydrogens is 649 g/mol. The van der Waals surface area contributed by atoms with E-state index < -0.39 is 9.84 Å². The van der Waals surface area contributed by atoms with Crippen LogP contribution in [0.4, 0.5) is 0 Å². The number of nitrogens with zero attached hydrogens (tertiary/aromatic N) is 4. The molecule has 4 aromatic heterocycles. The number of thiophene rings is 2. The van der Waals surface area contributed by atoms with E-state index in [-0.39, 0.29) is 9.79 Å². The summed E-state index contributed by atoms with van der Waals surface area (Å²) in [5, 5.41) is 5.68. The summed E-state index contributed by atoms with van der Waals surface area (Å²) in [7, 11) is -3.81. The number of hydrogen-bond donors (Lipinski definition) is 0. The molecule has 8 rings (SSSR count). The number of aromatic nitrogens is 4. The Morgan fingerprint density at radius 1 is 0.489 bits per heavy atom. The zero-order valence-electron chi connectivity index (χ0n) is 24.3. The minimum atomic E-state index is -3.81. The number of ether oxygens (including phenoxy) is 2. The molecule has 0 saturated carbocycles. The first kappa shape index (κ1) is 28.9. The first-order valence-electron chi connectivity index (χ1n) is 14.4. The normalized spacial score (nSPS) is 11.6. The van der Waals surface area contributed by atoms with E-state index in [2.05, 4.69) is 19.9 Å². The summed E-state index contributed by atoms with van der Waals surface area (Å²) in [6.07, 6.45) is 2.93. The molecule has 8 nitrogen and oxygen atoms in total. The summed E-state index contributed by atoms with van der Waals surface area (Å²) < 4.78 is 39.4. The van der Waals surface area contributed by atoms with Crippen LogP contribution < -0.4 is 9.47 Å². The van der Waals surface area contributed by atoms with Gasteiger partial charge in [-0.2, -0.15) is 0 Å². The van der Waals surface area contributed by atoms with Crippen molar-refractivity contribution in [1.82, 2.24) is 19.9 Å². The minimum absolute atomic E-state index is 0.134. The van der Waals surface area contributed by atoms with Gasteiger partial charge in [-0.15, -0.1) is 22.7 Å². The first-order valence-corrected chi connectivity index (χ1v) is 17.6. The van der Waals surface area contributed by atoms with E-state index in [1.54, 1.807) is 24.3 Å². The molecule has 0 radical (unpaired) electrons. The largest absolute Gasteiger partial charge is 0.438 e. The van der Waals surface area contributed by atoms with Crippen LogP contribution in [0.1, 0.15) is 0 Å². The molecule has 4 heterocycles. The lowest BCUT2D eigenvalue weighted by Gasteiger charge is -2.10. The van der Waals surface area contributed by atoms with Gasteiger partial charge in [-0.1, -0.05) is 60.7 Å². The highest BCUT2D eigenvalue weighted by Gasteiger charge is 2.20. The number of hydrogen-bond acceptors (Lipinski definition) is 10. The number of sulfone groups is 1. The Kier molecular flexibility index (Phi) is 7.41. The standard InChI is InChI=1S/C36H22N4O4S3/c41-47(42,27-15-11-25(12-16-27)43-33-31-29(23-7-3-1-4-8-23)19-45-35(31)39-21-37-33)28-17-13-26(14-18-28)44-34-32-30(24-9-5-2-6-10-24)20-46-36(32)40-22-38-34/h1-22H. The quantitative estimate of drug-likeness (QED) is 0.158. The topological polar surface area (TPSA) is 104 Å². The van der Waals surface area contributed by atoms with Gasteiger partial charge in [0.25, 0.3) is 0 Å². The molecule has 11 heteroatoms. The smallest absolute Gasteiger partial charge is 0.231 e. The molecule has 0 fully saturated rings. The molecule has 0 amide bonds. The molecule has 4 aromatic carbocycles. The second-order valence-corrected chi connectivity index (χ2v) is 14.1. The maximum atomic E-state index is 13.5. The van der Waals surface area contributed by atoms with Gasteiger partial charge in [0.2, 0.25) is 21.6 Å². The predicted octanol–water partition coefficient (Wildman–Crippen LogP) is 9.45. The Bertz CT molecular complexity index is 2300. The van der Waals surface area contributed by atoms with Crippen molar-refractivity contribution < 1.29 is 17.9 Å². The van der Waals surface area contributed by atoms with Crippen molar-refractivity contribution in [3.63, 3.8) is 0 Å².